The third-order valence-corrected chi connectivity index (χ3v) is 2.87. The molecule has 0 saturated heterocycles. The van der Waals surface area contributed by atoms with Gasteiger partial charge in [-0.15, -0.1) is 9.60 Å². The number of likely N-dealkylation sites (N-methyl/N-ethyl adjacent to an activating group) is 1. The zero-order chi connectivity index (χ0) is 14.8. The average molecular weight is 277 g/mol. The van der Waals surface area contributed by atoms with Gasteiger partial charge in [-0.05, 0) is 25.8 Å². The van der Waals surface area contributed by atoms with Crippen LogP contribution in [-0.2, 0) is 9.59 Å². The lowest BCUT2D eigenvalue weighted by molar-refractivity contribution is -0.144. The summed E-state index contributed by atoms with van der Waals surface area (Å²) in [5, 5.41) is 11.7. The van der Waals surface area contributed by atoms with Crippen molar-refractivity contribution in [2.24, 2.45) is 5.73 Å². The maximum Gasteiger partial charge on any atom is 0.326 e. The Bertz CT molecular complexity index is 287. The Morgan fingerprint density at radius 3 is 2.42 bits per heavy atom. The van der Waals surface area contributed by atoms with E-state index in [4.69, 9.17) is 10.8 Å². The predicted molar refractivity (Wildman–Crippen MR) is 70.0 cm³/mol. The van der Waals surface area contributed by atoms with Crippen molar-refractivity contribution in [2.45, 2.75) is 51.1 Å². The highest BCUT2D eigenvalue weighted by Gasteiger charge is 2.27. The van der Waals surface area contributed by atoms with Crippen LogP contribution in [0.5, 0.6) is 0 Å². The molecule has 0 spiro atoms. The van der Waals surface area contributed by atoms with E-state index in [9.17, 15) is 14.1 Å². The predicted octanol–water partition coefficient (Wildman–Crippen LogP) is 0.670. The van der Waals surface area contributed by atoms with Crippen molar-refractivity contribution >= 4 is 11.9 Å². The average Bonchev–Trinajstić information content (AvgIpc) is 2.34. The van der Waals surface area contributed by atoms with E-state index in [1.807, 2.05) is 6.92 Å². The van der Waals surface area contributed by atoms with Gasteiger partial charge in [-0.1, -0.05) is 19.8 Å². The maximum atomic E-state index is 13.2. The van der Waals surface area contributed by atoms with Crippen LogP contribution in [0.4, 0.5) is 4.48 Å². The van der Waals surface area contributed by atoms with Crippen LogP contribution in [-0.4, -0.2) is 47.8 Å². The first-order valence-electron chi connectivity index (χ1n) is 6.55. The molecule has 0 aromatic rings. The first kappa shape index (κ1) is 17.8. The summed E-state index contributed by atoms with van der Waals surface area (Å²) in [6.07, 6.45) is 2.63. The Labute approximate surface area is 113 Å². The standard InChI is InChI=1S/C12H24FN3O3/c1-3-4-7-10(16(2)13)11(17)15-9(12(18)19)6-5-8-14/h9-10H,3-8,14H2,1-2H3,(H,15,17)(H,18,19)/t9-,10-/m0/s1. The summed E-state index contributed by atoms with van der Waals surface area (Å²) in [5.41, 5.74) is 5.31. The van der Waals surface area contributed by atoms with Crippen molar-refractivity contribution in [2.75, 3.05) is 13.6 Å². The van der Waals surface area contributed by atoms with E-state index >= 15 is 0 Å². The Morgan fingerprint density at radius 1 is 1.37 bits per heavy atom. The Kier molecular flexibility index (Phi) is 9.07. The van der Waals surface area contributed by atoms with Crippen LogP contribution in [0.15, 0.2) is 0 Å². The van der Waals surface area contributed by atoms with Crippen molar-refractivity contribution < 1.29 is 19.2 Å². The minimum Gasteiger partial charge on any atom is -0.480 e. The molecule has 0 fully saturated rings. The number of amides is 1. The van der Waals surface area contributed by atoms with Crippen LogP contribution in [0.25, 0.3) is 0 Å². The third-order valence-electron chi connectivity index (χ3n) is 2.87. The van der Waals surface area contributed by atoms with Crippen LogP contribution in [0.2, 0.25) is 0 Å². The monoisotopic (exact) mass is 277 g/mol. The molecule has 0 unspecified atom stereocenters. The van der Waals surface area contributed by atoms with Crippen molar-refractivity contribution in [3.05, 3.63) is 0 Å². The molecule has 0 aliphatic heterocycles. The highest BCUT2D eigenvalue weighted by Crippen LogP contribution is 2.09. The van der Waals surface area contributed by atoms with Gasteiger partial charge in [-0.3, -0.25) is 4.79 Å². The minimum atomic E-state index is -1.13. The lowest BCUT2D eigenvalue weighted by atomic mass is 10.1. The molecule has 0 aromatic carbocycles. The van der Waals surface area contributed by atoms with Crippen molar-refractivity contribution in [1.29, 1.82) is 0 Å². The molecule has 0 aliphatic rings. The number of carbonyl (C=O) groups excluding carboxylic acids is 1. The Morgan fingerprint density at radius 2 is 2.00 bits per heavy atom. The zero-order valence-electron chi connectivity index (χ0n) is 11.6. The van der Waals surface area contributed by atoms with Crippen molar-refractivity contribution in [3.63, 3.8) is 0 Å². The number of carboxylic acid groups (broad SMARTS) is 1. The first-order valence-corrected chi connectivity index (χ1v) is 6.55. The molecule has 0 rings (SSSR count). The van der Waals surface area contributed by atoms with E-state index < -0.39 is 24.0 Å². The van der Waals surface area contributed by atoms with Gasteiger partial charge >= 0.3 is 5.97 Å². The lowest BCUT2D eigenvalue weighted by Gasteiger charge is -2.22. The molecule has 6 nitrogen and oxygen atoms in total. The summed E-state index contributed by atoms with van der Waals surface area (Å²) in [7, 11) is 1.16. The molecule has 0 heterocycles. The zero-order valence-corrected chi connectivity index (χ0v) is 11.6. The molecule has 7 heteroatoms. The summed E-state index contributed by atoms with van der Waals surface area (Å²) in [4.78, 5) is 22.9. The quantitative estimate of drug-likeness (QED) is 0.510. The van der Waals surface area contributed by atoms with Crippen LogP contribution in [0.3, 0.4) is 0 Å². The molecule has 19 heavy (non-hydrogen) atoms. The molecule has 1 amide bonds. The van der Waals surface area contributed by atoms with Crippen LogP contribution < -0.4 is 11.1 Å². The van der Waals surface area contributed by atoms with E-state index in [1.54, 1.807) is 0 Å². The second kappa shape index (κ2) is 9.69. The van der Waals surface area contributed by atoms with Gasteiger partial charge in [0.05, 0.1) is 0 Å². The van der Waals surface area contributed by atoms with Crippen molar-refractivity contribution in [1.82, 2.24) is 10.4 Å². The number of nitrogens with one attached hydrogen (secondary N) is 1. The Hall–Kier alpha value is -1.21. The molecule has 0 saturated carbocycles. The minimum absolute atomic E-state index is 0.244. The highest BCUT2D eigenvalue weighted by molar-refractivity contribution is 5.86. The number of hydrogen-bond donors (Lipinski definition) is 3. The number of hydrogen-bond acceptors (Lipinski definition) is 4. The summed E-state index contributed by atoms with van der Waals surface area (Å²) >= 11 is 0. The number of halogens is 1. The summed E-state index contributed by atoms with van der Waals surface area (Å²) < 4.78 is 13.2. The van der Waals surface area contributed by atoms with Gasteiger partial charge in [0.25, 0.3) is 0 Å². The second-order valence-corrected chi connectivity index (χ2v) is 4.51. The smallest absolute Gasteiger partial charge is 0.326 e. The fourth-order valence-electron chi connectivity index (χ4n) is 1.72. The van der Waals surface area contributed by atoms with Gasteiger partial charge in [-0.25, -0.2) is 4.79 Å². The molecule has 0 bridgehead atoms. The van der Waals surface area contributed by atoms with E-state index in [2.05, 4.69) is 5.32 Å². The number of carbonyl (C=O) groups is 2. The molecular formula is C12H24FN3O3. The van der Waals surface area contributed by atoms with Gasteiger partial charge in [0.15, 0.2) is 0 Å². The second-order valence-electron chi connectivity index (χ2n) is 4.51. The SMILES string of the molecule is CCCC[C@@H](C(=O)N[C@@H](CCCN)C(=O)O)N(C)F. The fourth-order valence-corrected chi connectivity index (χ4v) is 1.72. The molecule has 2 atom stereocenters. The van der Waals surface area contributed by atoms with Gasteiger partial charge < -0.3 is 16.2 Å². The molecule has 0 radical (unpaired) electrons. The molecule has 0 aliphatic carbocycles. The topological polar surface area (TPSA) is 95.7 Å². The molecule has 0 aromatic heterocycles. The van der Waals surface area contributed by atoms with Gasteiger partial charge in [0.1, 0.15) is 12.1 Å². The van der Waals surface area contributed by atoms with Gasteiger partial charge in [0, 0.05) is 7.05 Å². The largest absolute Gasteiger partial charge is 0.480 e. The Balaban J connectivity index is 4.52. The van der Waals surface area contributed by atoms with Gasteiger partial charge in [0.2, 0.25) is 5.91 Å². The lowest BCUT2D eigenvalue weighted by Crippen LogP contribution is -2.49. The summed E-state index contributed by atoms with van der Waals surface area (Å²) in [6.45, 7) is 2.29. The van der Waals surface area contributed by atoms with Gasteiger partial charge in [-0.2, -0.15) is 0 Å². The highest BCUT2D eigenvalue weighted by atomic mass is 19.2. The molecular weight excluding hydrogens is 253 g/mol. The summed E-state index contributed by atoms with van der Waals surface area (Å²) in [5.74, 6) is -1.72. The van der Waals surface area contributed by atoms with E-state index in [0.29, 0.717) is 30.9 Å². The van der Waals surface area contributed by atoms with Crippen molar-refractivity contribution in [3.8, 4) is 0 Å². The van der Waals surface area contributed by atoms with Crippen LogP contribution >= 0.6 is 0 Å². The molecule has 4 N–H and O–H groups in total. The number of rotatable bonds is 10. The number of aliphatic carboxylic acids is 1. The van der Waals surface area contributed by atoms with E-state index in [1.165, 1.54) is 0 Å². The molecule has 112 valence electrons. The third kappa shape index (κ3) is 7.07. The number of nitrogens with two attached hydrogens (primary N) is 1. The number of carboxylic acids is 1. The van der Waals surface area contributed by atoms with Crippen LogP contribution in [0, 0.1) is 0 Å². The normalized spacial score (nSPS) is 14.2. The van der Waals surface area contributed by atoms with E-state index in [0.717, 1.165) is 13.5 Å². The maximum absolute atomic E-state index is 13.2. The number of nitrogens with zero attached hydrogens (tertiary/aromatic N) is 1. The fraction of sp³-hybridized carbons (Fsp3) is 0.833. The number of unbranched alkanes of at least 4 members (excludes halogenated alkanes) is 1. The summed E-state index contributed by atoms with van der Waals surface area (Å²) in [6, 6.07) is -1.96. The van der Waals surface area contributed by atoms with E-state index in [-0.39, 0.29) is 6.42 Å². The first-order chi connectivity index (χ1) is 8.93. The van der Waals surface area contributed by atoms with Crippen LogP contribution in [0.1, 0.15) is 39.0 Å².